The van der Waals surface area contributed by atoms with Gasteiger partial charge in [-0.2, -0.15) is 18.3 Å². The zero-order valence-electron chi connectivity index (χ0n) is 16.9. The number of H-pyrrole nitrogens is 1. The van der Waals surface area contributed by atoms with Crippen molar-refractivity contribution in [2.45, 2.75) is 19.5 Å². The number of amides is 1. The van der Waals surface area contributed by atoms with Gasteiger partial charge in [-0.15, -0.1) is 0 Å². The van der Waals surface area contributed by atoms with E-state index in [1.54, 1.807) is 36.8 Å². The maximum Gasteiger partial charge on any atom is 0.416 e. The second kappa shape index (κ2) is 8.55. The zero-order valence-corrected chi connectivity index (χ0v) is 16.9. The molecule has 0 aliphatic carbocycles. The number of benzene rings is 2. The molecule has 2 N–H and O–H groups in total. The van der Waals surface area contributed by atoms with E-state index < -0.39 is 17.6 Å². The molecular formula is C24H17F3N4O. The topological polar surface area (TPSA) is 70.7 Å². The molecule has 160 valence electrons. The number of halogens is 3. The van der Waals surface area contributed by atoms with Gasteiger partial charge in [0.15, 0.2) is 0 Å². The minimum absolute atomic E-state index is 0.0752. The molecule has 0 radical (unpaired) electrons. The fourth-order valence-electron chi connectivity index (χ4n) is 3.17. The summed E-state index contributed by atoms with van der Waals surface area (Å²) < 4.78 is 38.7. The number of carbonyl (C=O) groups is 1. The van der Waals surface area contributed by atoms with E-state index in [0.29, 0.717) is 17.7 Å². The van der Waals surface area contributed by atoms with Gasteiger partial charge in [-0.3, -0.25) is 14.9 Å². The van der Waals surface area contributed by atoms with E-state index >= 15 is 0 Å². The Morgan fingerprint density at radius 1 is 1.12 bits per heavy atom. The van der Waals surface area contributed by atoms with E-state index in [4.69, 9.17) is 0 Å². The third kappa shape index (κ3) is 4.62. The molecule has 0 bridgehead atoms. The van der Waals surface area contributed by atoms with E-state index in [-0.39, 0.29) is 5.56 Å². The minimum Gasteiger partial charge on any atom is -0.322 e. The molecule has 0 atom stereocenters. The number of aromatic amines is 1. The first-order valence-electron chi connectivity index (χ1n) is 9.65. The lowest BCUT2D eigenvalue weighted by molar-refractivity contribution is -0.137. The SMILES string of the molecule is Cc1ccc(NC(=O)c2cccc(C(F)(F)F)c2)cc1C#CCc1cncc2[nH]ncc12. The van der Waals surface area contributed by atoms with Crippen molar-refractivity contribution >= 4 is 22.5 Å². The van der Waals surface area contributed by atoms with E-state index in [1.165, 1.54) is 12.1 Å². The summed E-state index contributed by atoms with van der Waals surface area (Å²) in [7, 11) is 0. The highest BCUT2D eigenvalue weighted by Crippen LogP contribution is 2.29. The molecule has 2 aromatic carbocycles. The monoisotopic (exact) mass is 434 g/mol. The van der Waals surface area contributed by atoms with E-state index in [1.807, 2.05) is 6.92 Å². The van der Waals surface area contributed by atoms with Crippen molar-refractivity contribution in [2.75, 3.05) is 5.32 Å². The third-order valence-corrected chi connectivity index (χ3v) is 4.90. The number of pyridine rings is 1. The molecule has 0 saturated heterocycles. The largest absolute Gasteiger partial charge is 0.416 e. The summed E-state index contributed by atoms with van der Waals surface area (Å²) in [4.78, 5) is 16.6. The van der Waals surface area contributed by atoms with Crippen LogP contribution in [0, 0.1) is 18.8 Å². The molecular weight excluding hydrogens is 417 g/mol. The number of aromatic nitrogens is 3. The molecule has 32 heavy (non-hydrogen) atoms. The van der Waals surface area contributed by atoms with Gasteiger partial charge in [0, 0.05) is 34.8 Å². The van der Waals surface area contributed by atoms with Crippen LogP contribution in [-0.2, 0) is 12.6 Å². The molecule has 0 spiro atoms. The number of fused-ring (bicyclic) bond motifs is 1. The Morgan fingerprint density at radius 3 is 2.78 bits per heavy atom. The first-order chi connectivity index (χ1) is 15.3. The highest BCUT2D eigenvalue weighted by atomic mass is 19.4. The second-order valence-electron chi connectivity index (χ2n) is 7.17. The predicted octanol–water partition coefficient (Wildman–Crippen LogP) is 5.13. The fourth-order valence-corrected chi connectivity index (χ4v) is 3.17. The summed E-state index contributed by atoms with van der Waals surface area (Å²) in [6, 6.07) is 9.48. The van der Waals surface area contributed by atoms with Crippen molar-refractivity contribution in [3.05, 3.63) is 88.9 Å². The average Bonchev–Trinajstić information content (AvgIpc) is 3.25. The number of carbonyl (C=O) groups excluding carboxylic acids is 1. The van der Waals surface area contributed by atoms with Crippen LogP contribution in [0.25, 0.3) is 10.9 Å². The lowest BCUT2D eigenvalue weighted by Crippen LogP contribution is -2.14. The first kappa shape index (κ1) is 21.1. The Bertz CT molecular complexity index is 1360. The highest BCUT2D eigenvalue weighted by molar-refractivity contribution is 6.04. The lowest BCUT2D eigenvalue weighted by atomic mass is 10.1. The molecule has 2 aromatic heterocycles. The molecule has 8 heteroatoms. The van der Waals surface area contributed by atoms with Crippen LogP contribution < -0.4 is 5.32 Å². The number of nitrogens with zero attached hydrogens (tertiary/aromatic N) is 2. The van der Waals surface area contributed by atoms with E-state index in [2.05, 4.69) is 32.3 Å². The van der Waals surface area contributed by atoms with Crippen LogP contribution >= 0.6 is 0 Å². The average molecular weight is 434 g/mol. The Morgan fingerprint density at radius 2 is 1.97 bits per heavy atom. The van der Waals surface area contributed by atoms with E-state index in [0.717, 1.165) is 34.2 Å². The van der Waals surface area contributed by atoms with Crippen LogP contribution in [0.1, 0.15) is 32.6 Å². The van der Waals surface area contributed by atoms with Gasteiger partial charge in [0.1, 0.15) is 0 Å². The van der Waals surface area contributed by atoms with Crippen LogP contribution in [0.3, 0.4) is 0 Å². The summed E-state index contributed by atoms with van der Waals surface area (Å²) in [6.45, 7) is 1.89. The summed E-state index contributed by atoms with van der Waals surface area (Å²) in [6.07, 6.45) is 1.11. The van der Waals surface area contributed by atoms with Crippen molar-refractivity contribution in [2.24, 2.45) is 0 Å². The standard InChI is InChI=1S/C24H17F3N4O/c1-15-8-9-20(30-23(32)17-5-3-7-19(10-17)24(25,26)27)11-16(15)4-2-6-18-12-28-14-22-21(18)13-29-31-22/h3,5,7-14H,6H2,1H3,(H,29,31)(H,30,32). The Kier molecular flexibility index (Phi) is 5.65. The Labute approximate surface area is 181 Å². The van der Waals surface area contributed by atoms with Crippen molar-refractivity contribution in [3.8, 4) is 11.8 Å². The van der Waals surface area contributed by atoms with Gasteiger partial charge in [0.25, 0.3) is 5.91 Å². The Balaban J connectivity index is 1.52. The quantitative estimate of drug-likeness (QED) is 0.439. The number of anilines is 1. The van der Waals surface area contributed by atoms with Gasteiger partial charge in [-0.25, -0.2) is 0 Å². The van der Waals surface area contributed by atoms with Crippen LogP contribution in [0.2, 0.25) is 0 Å². The van der Waals surface area contributed by atoms with Crippen molar-refractivity contribution in [1.82, 2.24) is 15.2 Å². The summed E-state index contributed by atoms with van der Waals surface area (Å²) >= 11 is 0. The number of alkyl halides is 3. The number of hydrogen-bond acceptors (Lipinski definition) is 3. The molecule has 0 aliphatic rings. The van der Waals surface area contributed by atoms with Gasteiger partial charge in [-0.05, 0) is 48.4 Å². The molecule has 0 unspecified atom stereocenters. The molecule has 1 amide bonds. The molecule has 4 aromatic rings. The lowest BCUT2D eigenvalue weighted by Gasteiger charge is -2.10. The van der Waals surface area contributed by atoms with Crippen molar-refractivity contribution in [3.63, 3.8) is 0 Å². The first-order valence-corrected chi connectivity index (χ1v) is 9.65. The number of hydrogen-bond donors (Lipinski definition) is 2. The van der Waals surface area contributed by atoms with Gasteiger partial charge >= 0.3 is 6.18 Å². The van der Waals surface area contributed by atoms with Crippen molar-refractivity contribution in [1.29, 1.82) is 0 Å². The number of nitrogens with one attached hydrogen (secondary N) is 2. The summed E-state index contributed by atoms with van der Waals surface area (Å²) in [5.41, 5.74) is 2.89. The number of aryl methyl sites for hydroxylation is 1. The Hall–Kier alpha value is -4.12. The molecule has 0 aliphatic heterocycles. The van der Waals surface area contributed by atoms with Gasteiger partial charge in [-0.1, -0.05) is 24.0 Å². The molecule has 0 fully saturated rings. The van der Waals surface area contributed by atoms with Crippen molar-refractivity contribution < 1.29 is 18.0 Å². The van der Waals surface area contributed by atoms with Crippen LogP contribution in [0.4, 0.5) is 18.9 Å². The van der Waals surface area contributed by atoms with Crippen LogP contribution in [-0.4, -0.2) is 21.1 Å². The minimum atomic E-state index is -4.51. The maximum atomic E-state index is 12.9. The second-order valence-corrected chi connectivity index (χ2v) is 7.17. The predicted molar refractivity (Wildman–Crippen MR) is 115 cm³/mol. The highest BCUT2D eigenvalue weighted by Gasteiger charge is 2.30. The molecule has 5 nitrogen and oxygen atoms in total. The van der Waals surface area contributed by atoms with Crippen LogP contribution in [0.15, 0.2) is 61.1 Å². The van der Waals surface area contributed by atoms with Gasteiger partial charge in [0.2, 0.25) is 0 Å². The van der Waals surface area contributed by atoms with Gasteiger partial charge in [0.05, 0.1) is 23.5 Å². The van der Waals surface area contributed by atoms with Gasteiger partial charge < -0.3 is 5.32 Å². The molecule has 4 rings (SSSR count). The third-order valence-electron chi connectivity index (χ3n) is 4.90. The fraction of sp³-hybridized carbons (Fsp3) is 0.125. The van der Waals surface area contributed by atoms with E-state index in [9.17, 15) is 18.0 Å². The molecule has 2 heterocycles. The maximum absolute atomic E-state index is 12.9. The summed E-state index contributed by atoms with van der Waals surface area (Å²) in [5, 5.41) is 10.5. The summed E-state index contributed by atoms with van der Waals surface area (Å²) in [5.74, 6) is 5.57. The molecule has 0 saturated carbocycles. The zero-order chi connectivity index (χ0) is 22.7. The normalized spacial score (nSPS) is 11.1. The van der Waals surface area contributed by atoms with Crippen LogP contribution in [0.5, 0.6) is 0 Å². The smallest absolute Gasteiger partial charge is 0.322 e. The number of rotatable bonds is 3.